The number of aryl methyl sites for hydroxylation is 1. The predicted octanol–water partition coefficient (Wildman–Crippen LogP) is -0.00488. The Balaban J connectivity index is 0.000000165. The highest BCUT2D eigenvalue weighted by Gasteiger charge is 2.51. The first-order chi connectivity index (χ1) is 19.3. The van der Waals surface area contributed by atoms with E-state index in [-0.39, 0.29) is 36.1 Å². The van der Waals surface area contributed by atoms with Gasteiger partial charge in [-0.15, -0.1) is 0 Å². The summed E-state index contributed by atoms with van der Waals surface area (Å²) in [6.07, 6.45) is 2.10. The minimum absolute atomic E-state index is 0.201. The van der Waals surface area contributed by atoms with E-state index >= 15 is 0 Å². The van der Waals surface area contributed by atoms with Crippen LogP contribution < -0.4 is 11.3 Å². The third-order valence-electron chi connectivity index (χ3n) is 8.15. The second kappa shape index (κ2) is 10.4. The van der Waals surface area contributed by atoms with E-state index in [4.69, 9.17) is 15.2 Å². The van der Waals surface area contributed by atoms with E-state index in [1.165, 1.54) is 6.33 Å². The number of anilines is 1. The number of nitrogens with two attached hydrogens (primary N) is 1. The number of hydrogen-bond donors (Lipinski definition) is 6. The highest BCUT2D eigenvalue weighted by atomic mass is 16.6. The minimum atomic E-state index is -1.04. The fourth-order valence-corrected chi connectivity index (χ4v) is 5.57. The minimum Gasteiger partial charge on any atom is -0.397 e. The van der Waals surface area contributed by atoms with Crippen LogP contribution in [0.2, 0.25) is 0 Å². The summed E-state index contributed by atoms with van der Waals surface area (Å²) < 4.78 is 15.1. The molecule has 15 nitrogen and oxygen atoms in total. The zero-order valence-corrected chi connectivity index (χ0v) is 23.5. The van der Waals surface area contributed by atoms with E-state index in [2.05, 4.69) is 24.9 Å². The van der Waals surface area contributed by atoms with E-state index in [0.717, 1.165) is 0 Å². The molecule has 0 bridgehead atoms. The number of H-pyrrole nitrogens is 1. The lowest BCUT2D eigenvalue weighted by Gasteiger charge is -2.25. The van der Waals surface area contributed by atoms with Gasteiger partial charge in [-0.05, 0) is 26.8 Å². The number of nitrogen functional groups attached to an aromatic ring is 1. The standard InChI is InChI=1S/C13H18N4O4.C13H18N4O3/c1-6-9(19)13(3,4-18)21-12(6)17-5-14-8-10(17)15-7(2)16-11(8)20;1-7-10(19)13(2,5-18)20-12(7)17-6-16-9-8(14)3-4-15-11(9)17/h5-6,9,12,18-19H,4H2,1-3H3,(H,15,16,20);3-4,6-7,10,12,18-19H,5H2,1-2H3,(H2,14,15)/t6-,9-,12+,13+;7-,10-,12+,13+/m00/s1. The highest BCUT2D eigenvalue weighted by molar-refractivity contribution is 5.83. The Hall–Kier alpha value is -3.47. The molecule has 0 aromatic carbocycles. The molecule has 0 amide bonds. The molecular weight excluding hydrogens is 536 g/mol. The zero-order chi connectivity index (χ0) is 29.9. The van der Waals surface area contributed by atoms with Crippen molar-refractivity contribution in [2.45, 2.75) is 70.5 Å². The van der Waals surface area contributed by atoms with Crippen LogP contribution in [0.4, 0.5) is 5.69 Å². The number of aliphatic hydroxyl groups excluding tert-OH is 4. The number of ether oxygens (including phenoxy) is 2. The Kier molecular flexibility index (Phi) is 7.38. The van der Waals surface area contributed by atoms with Crippen LogP contribution in [0.25, 0.3) is 22.3 Å². The third kappa shape index (κ3) is 4.67. The second-order valence-electron chi connectivity index (χ2n) is 11.3. The molecule has 0 saturated carbocycles. The summed E-state index contributed by atoms with van der Waals surface area (Å²) in [5, 5.41) is 39.4. The lowest BCUT2D eigenvalue weighted by Crippen LogP contribution is -2.41. The molecule has 41 heavy (non-hydrogen) atoms. The summed E-state index contributed by atoms with van der Waals surface area (Å²) in [5.74, 6) is -0.000840. The third-order valence-corrected chi connectivity index (χ3v) is 8.15. The maximum Gasteiger partial charge on any atom is 0.279 e. The molecular formula is C26H36N8O7. The molecule has 7 N–H and O–H groups in total. The van der Waals surface area contributed by atoms with Crippen molar-refractivity contribution in [1.82, 2.24) is 34.1 Å². The van der Waals surface area contributed by atoms with Gasteiger partial charge in [0, 0.05) is 18.0 Å². The lowest BCUT2D eigenvalue weighted by molar-refractivity contribution is -0.115. The number of fused-ring (bicyclic) bond motifs is 2. The Morgan fingerprint density at radius 2 is 1.44 bits per heavy atom. The highest BCUT2D eigenvalue weighted by Crippen LogP contribution is 2.43. The molecule has 2 aliphatic rings. The van der Waals surface area contributed by atoms with Crippen molar-refractivity contribution in [2.24, 2.45) is 11.8 Å². The number of nitrogens with zero attached hydrogens (tertiary/aromatic N) is 6. The number of hydrogen-bond acceptors (Lipinski definition) is 12. The van der Waals surface area contributed by atoms with Gasteiger partial charge in [0.1, 0.15) is 35.0 Å². The lowest BCUT2D eigenvalue weighted by atomic mass is 9.93. The molecule has 222 valence electrons. The van der Waals surface area contributed by atoms with E-state index < -0.39 is 35.9 Å². The van der Waals surface area contributed by atoms with Gasteiger partial charge in [0.2, 0.25) is 0 Å². The van der Waals surface area contributed by atoms with E-state index in [9.17, 15) is 25.2 Å². The van der Waals surface area contributed by atoms with Crippen molar-refractivity contribution in [3.63, 3.8) is 0 Å². The average molecular weight is 573 g/mol. The molecule has 0 radical (unpaired) electrons. The van der Waals surface area contributed by atoms with Gasteiger partial charge in [-0.3, -0.25) is 13.9 Å². The maximum atomic E-state index is 11.9. The first kappa shape index (κ1) is 29.0. The van der Waals surface area contributed by atoms with Crippen LogP contribution in [-0.4, -0.2) is 91.1 Å². The van der Waals surface area contributed by atoms with Gasteiger partial charge in [0.15, 0.2) is 16.8 Å². The van der Waals surface area contributed by atoms with Gasteiger partial charge in [-0.25, -0.2) is 19.9 Å². The topological polar surface area (TPSA) is 220 Å². The SMILES string of the molecule is C[C@@H]1[C@H](n2cnc3c(N)ccnc32)O[C@](C)(CO)[C@H]1O.Cc1nc2c(ncn2[C@@H]2O[C@](C)(CO)[C@@H](O)[C@@H]2C)c(=O)[nH]1. The summed E-state index contributed by atoms with van der Waals surface area (Å²) in [6, 6.07) is 1.69. The van der Waals surface area contributed by atoms with Gasteiger partial charge in [0.25, 0.3) is 5.56 Å². The fraction of sp³-hybridized carbons (Fsp3) is 0.577. The molecule has 2 aliphatic heterocycles. The van der Waals surface area contributed by atoms with Crippen LogP contribution in [0, 0.1) is 18.8 Å². The smallest absolute Gasteiger partial charge is 0.279 e. The molecule has 0 aliphatic carbocycles. The molecule has 2 fully saturated rings. The van der Waals surface area contributed by atoms with Gasteiger partial charge in [-0.2, -0.15) is 0 Å². The van der Waals surface area contributed by atoms with Crippen LogP contribution >= 0.6 is 0 Å². The summed E-state index contributed by atoms with van der Waals surface area (Å²) >= 11 is 0. The monoisotopic (exact) mass is 572 g/mol. The molecule has 6 rings (SSSR count). The van der Waals surface area contributed by atoms with Gasteiger partial charge < -0.3 is 40.6 Å². The van der Waals surface area contributed by atoms with Crippen LogP contribution in [0.15, 0.2) is 29.7 Å². The van der Waals surface area contributed by atoms with Crippen molar-refractivity contribution in [2.75, 3.05) is 18.9 Å². The van der Waals surface area contributed by atoms with Gasteiger partial charge >= 0.3 is 0 Å². The van der Waals surface area contributed by atoms with Crippen LogP contribution in [-0.2, 0) is 9.47 Å². The van der Waals surface area contributed by atoms with E-state index in [1.54, 1.807) is 48.5 Å². The molecule has 15 heteroatoms. The van der Waals surface area contributed by atoms with Crippen molar-refractivity contribution in [1.29, 1.82) is 0 Å². The number of aliphatic hydroxyl groups is 4. The van der Waals surface area contributed by atoms with Crippen molar-refractivity contribution < 1.29 is 29.9 Å². The first-order valence-electron chi connectivity index (χ1n) is 13.3. The van der Waals surface area contributed by atoms with E-state index in [0.29, 0.717) is 28.3 Å². The van der Waals surface area contributed by atoms with E-state index in [1.807, 2.05) is 13.8 Å². The summed E-state index contributed by atoms with van der Waals surface area (Å²) in [7, 11) is 0. The molecule has 0 spiro atoms. The van der Waals surface area contributed by atoms with Crippen LogP contribution in [0.1, 0.15) is 46.0 Å². The Morgan fingerprint density at radius 1 is 0.927 bits per heavy atom. The molecule has 6 heterocycles. The van der Waals surface area contributed by atoms with Crippen LogP contribution in [0.5, 0.6) is 0 Å². The average Bonchev–Trinajstić information content (AvgIpc) is 3.68. The number of pyridine rings is 1. The van der Waals surface area contributed by atoms with Crippen LogP contribution in [0.3, 0.4) is 0 Å². The van der Waals surface area contributed by atoms with Gasteiger partial charge in [-0.1, -0.05) is 13.8 Å². The fourth-order valence-electron chi connectivity index (χ4n) is 5.57. The molecule has 4 aromatic rings. The predicted molar refractivity (Wildman–Crippen MR) is 146 cm³/mol. The normalized spacial score (nSPS) is 33.4. The number of aromatic nitrogens is 7. The molecule has 0 unspecified atom stereocenters. The number of imidazole rings is 2. The van der Waals surface area contributed by atoms with Gasteiger partial charge in [0.05, 0.1) is 43.8 Å². The quantitative estimate of drug-likeness (QED) is 0.190. The second-order valence-corrected chi connectivity index (χ2v) is 11.3. The molecule has 4 aromatic heterocycles. The summed E-state index contributed by atoms with van der Waals surface area (Å²) in [6.45, 7) is 8.17. The van der Waals surface area contributed by atoms with Crippen molar-refractivity contribution in [3.05, 3.63) is 41.1 Å². The zero-order valence-electron chi connectivity index (χ0n) is 23.5. The largest absolute Gasteiger partial charge is 0.397 e. The number of rotatable bonds is 4. The Labute approximate surface area is 234 Å². The number of nitrogens with one attached hydrogen (secondary N) is 1. The van der Waals surface area contributed by atoms with Crippen molar-refractivity contribution in [3.8, 4) is 0 Å². The molecule has 8 atom stereocenters. The summed E-state index contributed by atoms with van der Waals surface area (Å²) in [5.41, 5.74) is 5.91. The molecule has 2 saturated heterocycles. The first-order valence-corrected chi connectivity index (χ1v) is 13.3. The Morgan fingerprint density at radius 3 is 1.95 bits per heavy atom. The summed E-state index contributed by atoms with van der Waals surface area (Å²) in [4.78, 5) is 31.3. The Bertz CT molecular complexity index is 1620. The maximum absolute atomic E-state index is 11.9. The van der Waals surface area contributed by atoms with Crippen molar-refractivity contribution >= 4 is 28.0 Å². The number of aromatic amines is 1.